The normalized spacial score (nSPS) is 26.2. The summed E-state index contributed by atoms with van der Waals surface area (Å²) in [4.78, 5) is 10.6. The largest absolute Gasteiger partial charge is 0.481 e. The lowest BCUT2D eigenvalue weighted by Gasteiger charge is -2.25. The molecule has 168 valence electrons. The van der Waals surface area contributed by atoms with Crippen LogP contribution in [0.4, 0.5) is 0 Å². The number of alkyl halides is 2. The number of unbranched alkanes of at least 4 members (excludes halogenated alkanes) is 3. The Hall–Kier alpha value is -0.630. The van der Waals surface area contributed by atoms with Gasteiger partial charge in [0.2, 0.25) is 0 Å². The van der Waals surface area contributed by atoms with E-state index in [-0.39, 0.29) is 23.6 Å². The zero-order chi connectivity index (χ0) is 22.1. The monoisotopic (exact) mass is 548 g/mol. The van der Waals surface area contributed by atoms with Crippen molar-refractivity contribution in [1.82, 2.24) is 0 Å². The molecule has 0 aromatic heterocycles. The van der Waals surface area contributed by atoms with Crippen LogP contribution in [0.15, 0.2) is 36.4 Å². The third-order valence-corrected chi connectivity index (χ3v) is 7.66. The van der Waals surface area contributed by atoms with Gasteiger partial charge in [0.25, 0.3) is 0 Å². The fraction of sp³-hybridized carbons (Fsp3) is 0.625. The van der Waals surface area contributed by atoms with Gasteiger partial charge in [-0.25, -0.2) is 0 Å². The third kappa shape index (κ3) is 7.50. The van der Waals surface area contributed by atoms with Gasteiger partial charge in [0, 0.05) is 17.7 Å². The molecule has 1 unspecified atom stereocenters. The van der Waals surface area contributed by atoms with Crippen molar-refractivity contribution in [3.05, 3.63) is 47.5 Å². The van der Waals surface area contributed by atoms with E-state index in [2.05, 4.69) is 35.6 Å². The number of carbonyl (C=O) groups is 1. The van der Waals surface area contributed by atoms with Gasteiger partial charge in [0.15, 0.2) is 0 Å². The molecule has 2 rings (SSSR count). The highest BCUT2D eigenvalue weighted by Gasteiger charge is 2.41. The number of aliphatic carboxylic acids is 1. The number of allylic oxidation sites excluding steroid dienone is 2. The van der Waals surface area contributed by atoms with Gasteiger partial charge >= 0.3 is 5.97 Å². The van der Waals surface area contributed by atoms with Crippen molar-refractivity contribution >= 4 is 40.2 Å². The summed E-state index contributed by atoms with van der Waals surface area (Å²) >= 11 is 8.69. The van der Waals surface area contributed by atoms with E-state index >= 15 is 0 Å². The lowest BCUT2D eigenvalue weighted by Crippen LogP contribution is -2.20. The Morgan fingerprint density at radius 2 is 1.93 bits per heavy atom. The van der Waals surface area contributed by atoms with Gasteiger partial charge in [-0.05, 0) is 78.2 Å². The summed E-state index contributed by atoms with van der Waals surface area (Å²) in [6, 6.07) is 7.98. The Bertz CT molecular complexity index is 689. The van der Waals surface area contributed by atoms with E-state index in [0.717, 1.165) is 49.7 Å². The van der Waals surface area contributed by atoms with Crippen LogP contribution >= 0.6 is 34.2 Å². The van der Waals surface area contributed by atoms with Crippen LogP contribution in [0.1, 0.15) is 81.8 Å². The highest BCUT2D eigenvalue weighted by atomic mass is 127. The SMILES string of the molecule is CCCCCC(O)(I)c1ccc([C@@H]2[C@@H](CC=CCCCC(=O)O)[C@H](Cl)C[C@@H]2O)cc1. The van der Waals surface area contributed by atoms with Gasteiger partial charge < -0.3 is 15.3 Å². The number of halogens is 2. The quantitative estimate of drug-likeness (QED) is 0.127. The molecule has 1 fully saturated rings. The van der Waals surface area contributed by atoms with Crippen LogP contribution in [0.5, 0.6) is 0 Å². The fourth-order valence-corrected chi connectivity index (χ4v) is 5.47. The number of rotatable bonds is 12. The summed E-state index contributed by atoms with van der Waals surface area (Å²) in [6.07, 6.45) is 10.4. The first-order valence-corrected chi connectivity index (χ1v) is 12.5. The van der Waals surface area contributed by atoms with Gasteiger partial charge in [-0.2, -0.15) is 0 Å². The topological polar surface area (TPSA) is 77.8 Å². The van der Waals surface area contributed by atoms with Crippen LogP contribution in [0.25, 0.3) is 0 Å². The number of hydrogen-bond donors (Lipinski definition) is 3. The van der Waals surface area contributed by atoms with Crippen molar-refractivity contribution in [2.45, 2.75) is 85.7 Å². The van der Waals surface area contributed by atoms with Crippen molar-refractivity contribution in [2.24, 2.45) is 5.92 Å². The molecule has 1 aliphatic rings. The number of hydrogen-bond acceptors (Lipinski definition) is 3. The summed E-state index contributed by atoms with van der Waals surface area (Å²) in [5.41, 5.74) is 1.95. The Morgan fingerprint density at radius 3 is 2.57 bits per heavy atom. The molecule has 4 nitrogen and oxygen atoms in total. The van der Waals surface area contributed by atoms with Gasteiger partial charge in [0.1, 0.15) is 3.61 Å². The molecule has 5 atom stereocenters. The summed E-state index contributed by atoms with van der Waals surface area (Å²) < 4.78 is -0.868. The Balaban J connectivity index is 2.02. The molecule has 0 bridgehead atoms. The number of benzene rings is 1. The average Bonchev–Trinajstić information content (AvgIpc) is 2.97. The number of carboxylic acids is 1. The maximum absolute atomic E-state index is 10.8. The highest BCUT2D eigenvalue weighted by molar-refractivity contribution is 14.1. The predicted molar refractivity (Wildman–Crippen MR) is 130 cm³/mol. The van der Waals surface area contributed by atoms with E-state index in [1.165, 1.54) is 0 Å². The first-order chi connectivity index (χ1) is 14.3. The number of aliphatic hydroxyl groups is 2. The lowest BCUT2D eigenvalue weighted by atomic mass is 9.84. The van der Waals surface area contributed by atoms with E-state index in [0.29, 0.717) is 12.8 Å². The molecular weight excluding hydrogens is 515 g/mol. The van der Waals surface area contributed by atoms with Crippen molar-refractivity contribution < 1.29 is 20.1 Å². The molecule has 30 heavy (non-hydrogen) atoms. The van der Waals surface area contributed by atoms with Crippen LogP contribution in [-0.4, -0.2) is 32.8 Å². The molecule has 0 amide bonds. The van der Waals surface area contributed by atoms with Crippen molar-refractivity contribution in [1.29, 1.82) is 0 Å². The van der Waals surface area contributed by atoms with Crippen molar-refractivity contribution in [3.63, 3.8) is 0 Å². The minimum Gasteiger partial charge on any atom is -0.481 e. The van der Waals surface area contributed by atoms with Crippen LogP contribution in [-0.2, 0) is 8.40 Å². The summed E-state index contributed by atoms with van der Waals surface area (Å²) in [5.74, 6) is -0.672. The molecule has 0 aliphatic heterocycles. The molecular formula is C24H34ClIO4. The van der Waals surface area contributed by atoms with E-state index < -0.39 is 15.7 Å². The van der Waals surface area contributed by atoms with Gasteiger partial charge in [-0.15, -0.1) is 11.6 Å². The van der Waals surface area contributed by atoms with E-state index in [4.69, 9.17) is 16.7 Å². The standard InChI is InChI=1S/C24H34ClIO4/c1-2-3-8-15-24(26,30)18-13-11-17(12-14-18)23-19(20(25)16-21(23)27)9-6-4-5-7-10-22(28)29/h4,6,11-14,19-21,23,27,30H,2-3,5,7-10,15-16H2,1H3,(H,28,29)/t19-,20+,21-,23+,24?/m0/s1. The smallest absolute Gasteiger partial charge is 0.303 e. The average molecular weight is 549 g/mol. The zero-order valence-electron chi connectivity index (χ0n) is 17.6. The molecule has 0 heterocycles. The molecule has 1 aromatic rings. The summed E-state index contributed by atoms with van der Waals surface area (Å²) in [5, 5.41) is 30.1. The molecule has 0 spiro atoms. The second-order valence-electron chi connectivity index (χ2n) is 8.34. The molecule has 0 saturated heterocycles. The summed E-state index contributed by atoms with van der Waals surface area (Å²) in [7, 11) is 0. The molecule has 1 saturated carbocycles. The van der Waals surface area contributed by atoms with Gasteiger partial charge in [-0.1, -0.05) is 56.2 Å². The second-order valence-corrected chi connectivity index (χ2v) is 10.7. The molecule has 1 aliphatic carbocycles. The fourth-order valence-electron chi connectivity index (χ4n) is 4.28. The maximum atomic E-state index is 10.8. The van der Waals surface area contributed by atoms with E-state index in [1.54, 1.807) is 0 Å². The lowest BCUT2D eigenvalue weighted by molar-refractivity contribution is -0.137. The van der Waals surface area contributed by atoms with Crippen LogP contribution in [0.3, 0.4) is 0 Å². The summed E-state index contributed by atoms with van der Waals surface area (Å²) in [6.45, 7) is 2.15. The predicted octanol–water partition coefficient (Wildman–Crippen LogP) is 6.12. The van der Waals surface area contributed by atoms with Gasteiger partial charge in [-0.3, -0.25) is 4.79 Å². The number of carboxylic acid groups (broad SMARTS) is 1. The maximum Gasteiger partial charge on any atom is 0.303 e. The Kier molecular flexibility index (Phi) is 10.6. The molecule has 6 heteroatoms. The van der Waals surface area contributed by atoms with Gasteiger partial charge in [0.05, 0.1) is 6.10 Å². The van der Waals surface area contributed by atoms with Crippen LogP contribution in [0, 0.1) is 5.92 Å². The van der Waals surface area contributed by atoms with Crippen LogP contribution < -0.4 is 0 Å². The van der Waals surface area contributed by atoms with Crippen molar-refractivity contribution in [2.75, 3.05) is 0 Å². The van der Waals surface area contributed by atoms with Crippen molar-refractivity contribution in [3.8, 4) is 0 Å². The van der Waals surface area contributed by atoms with E-state index in [9.17, 15) is 15.0 Å². The molecule has 0 radical (unpaired) electrons. The van der Waals surface area contributed by atoms with Crippen LogP contribution in [0.2, 0.25) is 0 Å². The minimum absolute atomic E-state index is 0.0346. The minimum atomic E-state index is -0.868. The molecule has 3 N–H and O–H groups in total. The number of aliphatic hydroxyl groups excluding tert-OH is 1. The first-order valence-electron chi connectivity index (χ1n) is 11.0. The first kappa shape index (κ1) is 25.6. The third-order valence-electron chi connectivity index (χ3n) is 5.99. The van der Waals surface area contributed by atoms with E-state index in [1.807, 2.05) is 30.3 Å². The Labute approximate surface area is 198 Å². The Morgan fingerprint density at radius 1 is 1.23 bits per heavy atom. The highest BCUT2D eigenvalue weighted by Crippen LogP contribution is 2.45. The molecule has 1 aromatic carbocycles. The second kappa shape index (κ2) is 12.4. The zero-order valence-corrected chi connectivity index (χ0v) is 20.6.